The first kappa shape index (κ1) is 23.7. The van der Waals surface area contributed by atoms with Gasteiger partial charge in [-0.25, -0.2) is 4.79 Å². The normalized spacial score (nSPS) is 11.1. The molecule has 4 aromatic rings. The number of methoxy groups -OCH3 is 2. The van der Waals surface area contributed by atoms with E-state index in [9.17, 15) is 18.0 Å². The van der Waals surface area contributed by atoms with E-state index in [2.05, 4.69) is 15.6 Å². The lowest BCUT2D eigenvalue weighted by Gasteiger charge is -2.14. The second-order valence-corrected chi connectivity index (χ2v) is 7.28. The van der Waals surface area contributed by atoms with Crippen molar-refractivity contribution in [3.63, 3.8) is 0 Å². The number of nitrogens with zero attached hydrogens (tertiary/aromatic N) is 1. The molecule has 180 valence electrons. The van der Waals surface area contributed by atoms with Gasteiger partial charge in [-0.3, -0.25) is 4.98 Å². The number of alkyl halides is 3. The number of carbonyl (C=O) groups is 1. The summed E-state index contributed by atoms with van der Waals surface area (Å²) in [6.45, 7) is 0. The van der Waals surface area contributed by atoms with Crippen LogP contribution in [0, 0.1) is 0 Å². The molecule has 2 N–H and O–H groups in total. The molecular formula is C25H20F3N3O4. The molecule has 2 amide bonds. The lowest BCUT2D eigenvalue weighted by atomic mass is 10.1. The molecule has 4 rings (SSSR count). The molecule has 1 heterocycles. The third-order valence-electron chi connectivity index (χ3n) is 5.03. The van der Waals surface area contributed by atoms with Gasteiger partial charge in [-0.1, -0.05) is 12.1 Å². The molecule has 1 aromatic heterocycles. The Labute approximate surface area is 198 Å². The van der Waals surface area contributed by atoms with E-state index in [0.717, 1.165) is 6.07 Å². The van der Waals surface area contributed by atoms with E-state index in [4.69, 9.17) is 14.2 Å². The van der Waals surface area contributed by atoms with Crippen LogP contribution in [0.2, 0.25) is 0 Å². The van der Waals surface area contributed by atoms with Gasteiger partial charge < -0.3 is 24.8 Å². The summed E-state index contributed by atoms with van der Waals surface area (Å²) in [5.74, 6) is 2.06. The predicted octanol–water partition coefficient (Wildman–Crippen LogP) is 6.71. The van der Waals surface area contributed by atoms with Crippen LogP contribution in [0.15, 0.2) is 72.9 Å². The summed E-state index contributed by atoms with van der Waals surface area (Å²) in [6.07, 6.45) is -2.99. The zero-order valence-electron chi connectivity index (χ0n) is 18.6. The number of nitrogens with one attached hydrogen (secondary N) is 2. The number of anilines is 2. The highest BCUT2D eigenvalue weighted by molar-refractivity contribution is 6.00. The maximum Gasteiger partial charge on any atom is 0.418 e. The molecule has 0 radical (unpaired) electrons. The quantitative estimate of drug-likeness (QED) is 0.319. The molecule has 0 aliphatic heterocycles. The predicted molar refractivity (Wildman–Crippen MR) is 125 cm³/mol. The van der Waals surface area contributed by atoms with Gasteiger partial charge in [0, 0.05) is 23.3 Å². The highest BCUT2D eigenvalue weighted by Gasteiger charge is 2.33. The maximum absolute atomic E-state index is 13.1. The van der Waals surface area contributed by atoms with Crippen LogP contribution in [-0.2, 0) is 6.18 Å². The summed E-state index contributed by atoms with van der Waals surface area (Å²) < 4.78 is 56.0. The average molecular weight is 483 g/mol. The molecule has 0 aliphatic carbocycles. The van der Waals surface area contributed by atoms with Crippen molar-refractivity contribution in [2.45, 2.75) is 6.18 Å². The molecule has 0 unspecified atom stereocenters. The standard InChI is InChI=1S/C25H20F3N3O4/c1-33-22-13-17-20(14-23(22)34-2)29-12-11-21(17)35-16-9-7-15(8-10-16)30-24(32)31-19-6-4-3-5-18(19)25(26,27)28/h3-14H,1-2H3,(H2,30,31,32). The van der Waals surface area contributed by atoms with E-state index in [0.29, 0.717) is 39.6 Å². The van der Waals surface area contributed by atoms with Gasteiger partial charge in [-0.2, -0.15) is 13.2 Å². The summed E-state index contributed by atoms with van der Waals surface area (Å²) in [6, 6.07) is 15.5. The van der Waals surface area contributed by atoms with E-state index in [1.807, 2.05) is 0 Å². The Morgan fingerprint density at radius 1 is 0.857 bits per heavy atom. The number of carbonyl (C=O) groups excluding carboxylic acids is 1. The second kappa shape index (κ2) is 9.80. The Hall–Kier alpha value is -4.47. The lowest BCUT2D eigenvalue weighted by molar-refractivity contribution is -0.136. The number of amides is 2. The number of benzene rings is 3. The fraction of sp³-hybridized carbons (Fsp3) is 0.120. The molecular weight excluding hydrogens is 463 g/mol. The molecule has 10 heteroatoms. The summed E-state index contributed by atoms with van der Waals surface area (Å²) in [5.41, 5.74) is -0.258. The van der Waals surface area contributed by atoms with E-state index >= 15 is 0 Å². The zero-order chi connectivity index (χ0) is 25.0. The Morgan fingerprint density at radius 3 is 2.23 bits per heavy atom. The Balaban J connectivity index is 1.48. The highest BCUT2D eigenvalue weighted by Crippen LogP contribution is 2.37. The third kappa shape index (κ3) is 5.37. The minimum Gasteiger partial charge on any atom is -0.493 e. The van der Waals surface area contributed by atoms with Gasteiger partial charge in [0.2, 0.25) is 0 Å². The SMILES string of the molecule is COc1cc2nccc(Oc3ccc(NC(=O)Nc4ccccc4C(F)(F)F)cc3)c2cc1OC. The highest BCUT2D eigenvalue weighted by atomic mass is 19.4. The van der Waals surface area contributed by atoms with Gasteiger partial charge >= 0.3 is 12.2 Å². The van der Waals surface area contributed by atoms with Gasteiger partial charge in [0.05, 0.1) is 31.0 Å². The van der Waals surface area contributed by atoms with Crippen LogP contribution in [0.25, 0.3) is 10.9 Å². The van der Waals surface area contributed by atoms with Crippen molar-refractivity contribution < 1.29 is 32.2 Å². The molecule has 3 aromatic carbocycles. The van der Waals surface area contributed by atoms with Crippen molar-refractivity contribution in [2.75, 3.05) is 24.9 Å². The number of aromatic nitrogens is 1. The van der Waals surface area contributed by atoms with Crippen molar-refractivity contribution in [3.05, 3.63) is 78.5 Å². The number of hydrogen-bond acceptors (Lipinski definition) is 5. The molecule has 0 fully saturated rings. The van der Waals surface area contributed by atoms with Crippen LogP contribution in [0.1, 0.15) is 5.56 Å². The van der Waals surface area contributed by atoms with Gasteiger partial charge in [0.1, 0.15) is 11.5 Å². The molecule has 0 saturated carbocycles. The molecule has 35 heavy (non-hydrogen) atoms. The van der Waals surface area contributed by atoms with Crippen molar-refractivity contribution in [2.24, 2.45) is 0 Å². The maximum atomic E-state index is 13.1. The van der Waals surface area contributed by atoms with Crippen LogP contribution in [-0.4, -0.2) is 25.2 Å². The Kier molecular flexibility index (Phi) is 6.63. The summed E-state index contributed by atoms with van der Waals surface area (Å²) >= 11 is 0. The summed E-state index contributed by atoms with van der Waals surface area (Å²) in [5, 5.41) is 5.44. The number of hydrogen-bond donors (Lipinski definition) is 2. The minimum absolute atomic E-state index is 0.339. The first-order valence-electron chi connectivity index (χ1n) is 10.3. The summed E-state index contributed by atoms with van der Waals surface area (Å²) in [4.78, 5) is 16.6. The third-order valence-corrected chi connectivity index (χ3v) is 5.03. The molecule has 0 bridgehead atoms. The van der Waals surface area contributed by atoms with Crippen LogP contribution in [0.4, 0.5) is 29.3 Å². The Bertz CT molecular complexity index is 1360. The van der Waals surface area contributed by atoms with Crippen molar-refractivity contribution in [1.82, 2.24) is 4.98 Å². The van der Waals surface area contributed by atoms with Crippen molar-refractivity contribution in [3.8, 4) is 23.0 Å². The first-order valence-corrected chi connectivity index (χ1v) is 10.3. The smallest absolute Gasteiger partial charge is 0.418 e. The van der Waals surface area contributed by atoms with Crippen LogP contribution in [0.5, 0.6) is 23.0 Å². The number of fused-ring (bicyclic) bond motifs is 1. The fourth-order valence-electron chi connectivity index (χ4n) is 3.39. The number of halogens is 3. The van der Waals surface area contributed by atoms with Gasteiger partial charge in [0.15, 0.2) is 11.5 Å². The summed E-state index contributed by atoms with van der Waals surface area (Å²) in [7, 11) is 3.07. The first-order chi connectivity index (χ1) is 16.8. The average Bonchev–Trinajstić information content (AvgIpc) is 2.84. The monoisotopic (exact) mass is 483 g/mol. The van der Waals surface area contributed by atoms with E-state index < -0.39 is 17.8 Å². The van der Waals surface area contributed by atoms with Crippen LogP contribution >= 0.6 is 0 Å². The topological polar surface area (TPSA) is 81.7 Å². The van der Waals surface area contributed by atoms with Gasteiger partial charge in [-0.15, -0.1) is 0 Å². The largest absolute Gasteiger partial charge is 0.493 e. The van der Waals surface area contributed by atoms with Crippen molar-refractivity contribution >= 4 is 28.3 Å². The number of ether oxygens (including phenoxy) is 3. The lowest BCUT2D eigenvalue weighted by Crippen LogP contribution is -2.21. The molecule has 0 aliphatic rings. The minimum atomic E-state index is -4.59. The van der Waals surface area contributed by atoms with Crippen LogP contribution in [0.3, 0.4) is 0 Å². The number of para-hydroxylation sites is 1. The molecule has 0 saturated heterocycles. The number of urea groups is 1. The van der Waals surface area contributed by atoms with Gasteiger partial charge in [-0.05, 0) is 48.5 Å². The van der Waals surface area contributed by atoms with Crippen molar-refractivity contribution in [1.29, 1.82) is 0 Å². The second-order valence-electron chi connectivity index (χ2n) is 7.28. The number of pyridine rings is 1. The van der Waals surface area contributed by atoms with E-state index in [1.54, 1.807) is 48.7 Å². The molecule has 7 nitrogen and oxygen atoms in total. The van der Waals surface area contributed by atoms with Gasteiger partial charge in [0.25, 0.3) is 0 Å². The molecule has 0 spiro atoms. The van der Waals surface area contributed by atoms with Crippen LogP contribution < -0.4 is 24.8 Å². The molecule has 0 atom stereocenters. The Morgan fingerprint density at radius 2 is 1.54 bits per heavy atom. The number of rotatable bonds is 6. The fourth-order valence-corrected chi connectivity index (χ4v) is 3.39. The van der Waals surface area contributed by atoms with E-state index in [-0.39, 0.29) is 5.69 Å². The zero-order valence-corrected chi connectivity index (χ0v) is 18.6. The van der Waals surface area contributed by atoms with E-state index in [1.165, 1.54) is 32.4 Å².